The van der Waals surface area contributed by atoms with Crippen molar-refractivity contribution >= 4 is 17.9 Å². The first-order chi connectivity index (χ1) is 16.5. The smallest absolute Gasteiger partial charge is 0.193 e. The summed E-state index contributed by atoms with van der Waals surface area (Å²) in [5.74, 6) is -0.503. The van der Waals surface area contributed by atoms with Gasteiger partial charge in [0.05, 0.1) is 5.56 Å². The molecule has 0 fully saturated rings. The summed E-state index contributed by atoms with van der Waals surface area (Å²) in [5.41, 5.74) is 3.11. The Labute approximate surface area is 207 Å². The minimum absolute atomic E-state index is 0.0239. The van der Waals surface area contributed by atoms with E-state index in [1.807, 2.05) is 32.9 Å². The highest BCUT2D eigenvalue weighted by Gasteiger charge is 2.32. The van der Waals surface area contributed by atoms with E-state index < -0.39 is 11.4 Å². The van der Waals surface area contributed by atoms with Gasteiger partial charge in [-0.15, -0.1) is 0 Å². The van der Waals surface area contributed by atoms with Gasteiger partial charge in [-0.25, -0.2) is 0 Å². The Morgan fingerprint density at radius 2 is 1.69 bits per heavy atom. The second-order valence-electron chi connectivity index (χ2n) is 9.70. The van der Waals surface area contributed by atoms with Gasteiger partial charge < -0.3 is 20.1 Å². The molecule has 2 aromatic carbocycles. The maximum absolute atomic E-state index is 13.3. The lowest BCUT2D eigenvalue weighted by atomic mass is 9.91. The van der Waals surface area contributed by atoms with Crippen molar-refractivity contribution in [1.29, 1.82) is 0 Å². The molecular weight excluding hydrogens is 440 g/mol. The van der Waals surface area contributed by atoms with Crippen LogP contribution in [0.1, 0.15) is 74.5 Å². The zero-order chi connectivity index (χ0) is 25.8. The predicted molar refractivity (Wildman–Crippen MR) is 141 cm³/mol. The topological polar surface area (TPSA) is 87.0 Å². The number of benzene rings is 2. The minimum atomic E-state index is -0.704. The monoisotopic (exact) mass is 474 g/mol. The zero-order valence-electron chi connectivity index (χ0n) is 21.1. The molecule has 1 aliphatic heterocycles. The largest absolute Gasteiger partial charge is 0.508 e. The summed E-state index contributed by atoms with van der Waals surface area (Å²) < 4.78 is 6.04. The summed E-state index contributed by atoms with van der Waals surface area (Å²) in [6.45, 7) is 9.83. The lowest BCUT2D eigenvalue weighted by Crippen LogP contribution is -2.28. The van der Waals surface area contributed by atoms with Gasteiger partial charge in [-0.05, 0) is 89.8 Å². The third-order valence-corrected chi connectivity index (χ3v) is 5.86. The number of fused-ring (bicyclic) bond motifs is 1. The van der Waals surface area contributed by atoms with E-state index in [1.54, 1.807) is 24.3 Å². The van der Waals surface area contributed by atoms with Gasteiger partial charge in [0.2, 0.25) is 0 Å². The van der Waals surface area contributed by atoms with Crippen LogP contribution in [0.2, 0.25) is 0 Å². The van der Waals surface area contributed by atoms with E-state index in [4.69, 9.17) is 4.74 Å². The van der Waals surface area contributed by atoms with Crippen molar-refractivity contribution in [3.63, 3.8) is 0 Å². The molecule has 184 valence electrons. The molecule has 3 N–H and O–H groups in total. The molecule has 0 spiro atoms. The van der Waals surface area contributed by atoms with Crippen LogP contribution in [0.5, 0.6) is 23.0 Å². The van der Waals surface area contributed by atoms with E-state index in [1.165, 1.54) is 23.8 Å². The summed E-state index contributed by atoms with van der Waals surface area (Å²) >= 11 is 0. The SMILES string of the molecule is CC(C)=CCC/C(C)=C/Cc1c(O)c2c(c(C(=O)/C=C/c3ccc(O)cc3)c1O)OC(C)(C)C=C2. The fourth-order valence-corrected chi connectivity index (χ4v) is 3.85. The molecule has 5 nitrogen and oxygen atoms in total. The Kier molecular flexibility index (Phi) is 7.90. The highest BCUT2D eigenvalue weighted by molar-refractivity contribution is 6.12. The number of aromatic hydroxyl groups is 3. The summed E-state index contributed by atoms with van der Waals surface area (Å²) in [6.07, 6.45) is 12.7. The highest BCUT2D eigenvalue weighted by atomic mass is 16.5. The van der Waals surface area contributed by atoms with Crippen LogP contribution in [0.4, 0.5) is 0 Å². The van der Waals surface area contributed by atoms with Crippen LogP contribution in [-0.2, 0) is 6.42 Å². The Balaban J connectivity index is 2.02. The maximum Gasteiger partial charge on any atom is 0.193 e. The Morgan fingerprint density at radius 1 is 1.00 bits per heavy atom. The number of ether oxygens (including phenoxy) is 1. The van der Waals surface area contributed by atoms with Crippen molar-refractivity contribution in [2.45, 2.75) is 59.5 Å². The maximum atomic E-state index is 13.3. The number of hydrogen-bond acceptors (Lipinski definition) is 5. The molecule has 2 aromatic rings. The van der Waals surface area contributed by atoms with Crippen molar-refractivity contribution in [2.24, 2.45) is 0 Å². The Morgan fingerprint density at radius 3 is 2.34 bits per heavy atom. The third kappa shape index (κ3) is 6.44. The van der Waals surface area contributed by atoms with Gasteiger partial charge >= 0.3 is 0 Å². The molecule has 0 unspecified atom stereocenters. The summed E-state index contributed by atoms with van der Waals surface area (Å²) in [6, 6.07) is 6.43. The number of rotatable bonds is 8. The van der Waals surface area contributed by atoms with Crippen LogP contribution in [-0.4, -0.2) is 26.7 Å². The number of allylic oxidation sites excluding steroid dienone is 5. The van der Waals surface area contributed by atoms with Gasteiger partial charge in [0, 0.05) is 5.56 Å². The van der Waals surface area contributed by atoms with Crippen LogP contribution < -0.4 is 4.74 Å². The fourth-order valence-electron chi connectivity index (χ4n) is 3.85. The molecule has 0 atom stereocenters. The van der Waals surface area contributed by atoms with Crippen LogP contribution >= 0.6 is 0 Å². The number of phenols is 3. The summed E-state index contributed by atoms with van der Waals surface area (Å²) in [5, 5.41) is 31.6. The molecule has 0 aliphatic carbocycles. The average molecular weight is 475 g/mol. The van der Waals surface area contributed by atoms with E-state index in [-0.39, 0.29) is 35.0 Å². The predicted octanol–water partition coefficient (Wildman–Crippen LogP) is 7.12. The van der Waals surface area contributed by atoms with Crippen molar-refractivity contribution in [2.75, 3.05) is 0 Å². The second-order valence-corrected chi connectivity index (χ2v) is 9.70. The van der Waals surface area contributed by atoms with Gasteiger partial charge in [-0.3, -0.25) is 4.79 Å². The Hall–Kier alpha value is -3.73. The molecule has 0 amide bonds. The third-order valence-electron chi connectivity index (χ3n) is 5.86. The van der Waals surface area contributed by atoms with E-state index >= 15 is 0 Å². The first-order valence-corrected chi connectivity index (χ1v) is 11.8. The molecule has 35 heavy (non-hydrogen) atoms. The van der Waals surface area contributed by atoms with Gasteiger partial charge in [0.25, 0.3) is 0 Å². The van der Waals surface area contributed by atoms with E-state index in [2.05, 4.69) is 19.9 Å². The van der Waals surface area contributed by atoms with Crippen molar-refractivity contribution in [3.8, 4) is 23.0 Å². The Bertz CT molecular complexity index is 1220. The van der Waals surface area contributed by atoms with Crippen LogP contribution in [0.3, 0.4) is 0 Å². The molecule has 0 saturated carbocycles. The quantitative estimate of drug-likeness (QED) is 0.215. The van der Waals surface area contributed by atoms with Gasteiger partial charge in [0.15, 0.2) is 5.78 Å². The van der Waals surface area contributed by atoms with Gasteiger partial charge in [-0.2, -0.15) is 0 Å². The second kappa shape index (κ2) is 10.7. The molecule has 0 radical (unpaired) electrons. The molecular formula is C30H34O5. The molecule has 1 heterocycles. The number of hydrogen-bond donors (Lipinski definition) is 3. The van der Waals surface area contributed by atoms with Crippen molar-refractivity contribution in [1.82, 2.24) is 0 Å². The highest BCUT2D eigenvalue weighted by Crippen LogP contribution is 2.47. The molecule has 5 heteroatoms. The van der Waals surface area contributed by atoms with E-state index in [9.17, 15) is 20.1 Å². The standard InChI is InChI=1S/C30H34O5/c1-19(2)7-6-8-20(3)9-15-23-27(33)24-17-18-30(4,5)35-29(24)26(28(23)34)25(32)16-12-21-10-13-22(31)14-11-21/h7,9-14,16-18,31,33-34H,6,8,15H2,1-5H3/b16-12+,20-9+. The fraction of sp³-hybridized carbons (Fsp3) is 0.300. The number of phenolic OH excluding ortho intramolecular Hbond substituents is 3. The van der Waals surface area contributed by atoms with Crippen LogP contribution in [0.25, 0.3) is 12.2 Å². The normalized spacial score (nSPS) is 14.5. The van der Waals surface area contributed by atoms with Crippen LogP contribution in [0, 0.1) is 0 Å². The minimum Gasteiger partial charge on any atom is -0.508 e. The van der Waals surface area contributed by atoms with Crippen molar-refractivity contribution in [3.05, 3.63) is 82.0 Å². The van der Waals surface area contributed by atoms with Crippen LogP contribution in [0.15, 0.2) is 59.7 Å². The zero-order valence-corrected chi connectivity index (χ0v) is 21.1. The molecule has 3 rings (SSSR count). The van der Waals surface area contributed by atoms with Gasteiger partial charge in [-0.1, -0.05) is 41.5 Å². The number of carbonyl (C=O) groups excluding carboxylic acids is 1. The van der Waals surface area contributed by atoms with E-state index in [0.29, 0.717) is 11.1 Å². The molecule has 1 aliphatic rings. The van der Waals surface area contributed by atoms with E-state index in [0.717, 1.165) is 24.0 Å². The number of carbonyl (C=O) groups is 1. The lowest BCUT2D eigenvalue weighted by Gasteiger charge is -2.30. The molecule has 0 saturated heterocycles. The number of ketones is 1. The average Bonchev–Trinajstić information content (AvgIpc) is 2.77. The molecule has 0 aromatic heterocycles. The summed E-state index contributed by atoms with van der Waals surface area (Å²) in [4.78, 5) is 13.3. The lowest BCUT2D eigenvalue weighted by molar-refractivity contribution is 0.103. The van der Waals surface area contributed by atoms with Gasteiger partial charge in [0.1, 0.15) is 34.2 Å². The van der Waals surface area contributed by atoms with Crippen molar-refractivity contribution < 1.29 is 24.9 Å². The first-order valence-electron chi connectivity index (χ1n) is 11.8. The molecule has 0 bridgehead atoms. The summed E-state index contributed by atoms with van der Waals surface area (Å²) in [7, 11) is 0. The first kappa shape index (κ1) is 25.9.